The number of nitriles is 1. The number of carbonyl (C=O) groups excluding carboxylic acids is 1. The monoisotopic (exact) mass is 495 g/mol. The second-order valence-corrected chi connectivity index (χ2v) is 9.83. The summed E-state index contributed by atoms with van der Waals surface area (Å²) in [7, 11) is -3.89. The molecule has 3 aromatic carbocycles. The second kappa shape index (κ2) is 9.21. The Hall–Kier alpha value is -4.61. The smallest absolute Gasteiger partial charge is 0.418 e. The van der Waals surface area contributed by atoms with Crippen LogP contribution in [0.3, 0.4) is 0 Å². The Morgan fingerprint density at radius 1 is 0.917 bits per heavy atom. The summed E-state index contributed by atoms with van der Waals surface area (Å²) < 4.78 is 34.7. The van der Waals surface area contributed by atoms with E-state index in [4.69, 9.17) is 4.74 Å². The lowest BCUT2D eigenvalue weighted by atomic mass is 10.0. The summed E-state index contributed by atoms with van der Waals surface area (Å²) in [4.78, 5) is 12.7. The SMILES string of the molecule is CCOC(=O)n1cc(/C=C(\C#N)c2cn(S(=O)(=O)c3ccccc3)c3ccccc23)c2ccccc21. The molecule has 5 aromatic rings. The molecule has 0 aliphatic heterocycles. The Kier molecular flexibility index (Phi) is 5.92. The van der Waals surface area contributed by atoms with Crippen LogP contribution in [0.1, 0.15) is 18.1 Å². The Morgan fingerprint density at radius 3 is 2.25 bits per heavy atom. The number of hydrogen-bond acceptors (Lipinski definition) is 5. The average Bonchev–Trinajstić information content (AvgIpc) is 3.47. The lowest BCUT2D eigenvalue weighted by Crippen LogP contribution is -2.11. The molecule has 0 fully saturated rings. The van der Waals surface area contributed by atoms with E-state index >= 15 is 0 Å². The van der Waals surface area contributed by atoms with E-state index in [0.29, 0.717) is 27.5 Å². The molecule has 178 valence electrons. The van der Waals surface area contributed by atoms with Gasteiger partial charge in [0.05, 0.1) is 34.2 Å². The first-order chi connectivity index (χ1) is 17.5. The highest BCUT2D eigenvalue weighted by Crippen LogP contribution is 2.33. The number of ether oxygens (including phenoxy) is 1. The van der Waals surface area contributed by atoms with Crippen LogP contribution in [0, 0.1) is 11.3 Å². The second-order valence-electron chi connectivity index (χ2n) is 8.01. The minimum atomic E-state index is -3.89. The van der Waals surface area contributed by atoms with Crippen LogP contribution in [-0.2, 0) is 14.8 Å². The number of benzene rings is 3. The summed E-state index contributed by atoms with van der Waals surface area (Å²) >= 11 is 0. The molecule has 0 atom stereocenters. The third-order valence-electron chi connectivity index (χ3n) is 5.90. The Balaban J connectivity index is 1.71. The van der Waals surface area contributed by atoms with Crippen molar-refractivity contribution in [2.75, 3.05) is 6.61 Å². The summed E-state index contributed by atoms with van der Waals surface area (Å²) in [5.41, 5.74) is 2.48. The van der Waals surface area contributed by atoms with Gasteiger partial charge in [0.15, 0.2) is 0 Å². The van der Waals surface area contributed by atoms with E-state index in [0.717, 1.165) is 5.39 Å². The van der Waals surface area contributed by atoms with Crippen molar-refractivity contribution in [2.45, 2.75) is 11.8 Å². The summed E-state index contributed by atoms with van der Waals surface area (Å²) in [6.07, 6.45) is 4.25. The van der Waals surface area contributed by atoms with E-state index < -0.39 is 16.1 Å². The van der Waals surface area contributed by atoms with E-state index in [1.807, 2.05) is 18.2 Å². The molecule has 0 saturated carbocycles. The largest absolute Gasteiger partial charge is 0.449 e. The number of rotatable bonds is 5. The van der Waals surface area contributed by atoms with Gasteiger partial charge in [0.25, 0.3) is 10.0 Å². The molecule has 0 amide bonds. The molecule has 0 aliphatic rings. The number of hydrogen-bond donors (Lipinski definition) is 0. The van der Waals surface area contributed by atoms with Gasteiger partial charge in [0.1, 0.15) is 0 Å². The van der Waals surface area contributed by atoms with Crippen molar-refractivity contribution in [1.82, 2.24) is 8.54 Å². The minimum absolute atomic E-state index is 0.150. The highest BCUT2D eigenvalue weighted by Gasteiger charge is 2.23. The molecule has 0 N–H and O–H groups in total. The molecule has 2 heterocycles. The number of para-hydroxylation sites is 2. The van der Waals surface area contributed by atoms with Gasteiger partial charge < -0.3 is 4.74 Å². The first-order valence-electron chi connectivity index (χ1n) is 11.3. The third kappa shape index (κ3) is 3.85. The lowest BCUT2D eigenvalue weighted by Gasteiger charge is -2.07. The summed E-state index contributed by atoms with van der Waals surface area (Å²) in [6.45, 7) is 1.97. The van der Waals surface area contributed by atoms with Crippen molar-refractivity contribution < 1.29 is 17.9 Å². The number of aromatic nitrogens is 2. The molecule has 0 unspecified atom stereocenters. The summed E-state index contributed by atoms with van der Waals surface area (Å²) in [5.74, 6) is 0. The molecule has 2 aromatic heterocycles. The summed E-state index contributed by atoms with van der Waals surface area (Å²) in [6, 6.07) is 24.7. The maximum atomic E-state index is 13.5. The van der Waals surface area contributed by atoms with Crippen molar-refractivity contribution in [1.29, 1.82) is 5.26 Å². The van der Waals surface area contributed by atoms with Gasteiger partial charge in [0, 0.05) is 34.3 Å². The van der Waals surface area contributed by atoms with E-state index in [1.165, 1.54) is 26.9 Å². The molecule has 0 saturated heterocycles. The molecule has 0 radical (unpaired) electrons. The number of fused-ring (bicyclic) bond motifs is 2. The van der Waals surface area contributed by atoms with Gasteiger partial charge >= 0.3 is 6.09 Å². The Bertz CT molecular complexity index is 1790. The van der Waals surface area contributed by atoms with Gasteiger partial charge in [-0.25, -0.2) is 17.2 Å². The quantitative estimate of drug-likeness (QED) is 0.283. The van der Waals surface area contributed by atoms with Gasteiger partial charge in [0.2, 0.25) is 0 Å². The summed E-state index contributed by atoms with van der Waals surface area (Å²) in [5, 5.41) is 11.5. The van der Waals surface area contributed by atoms with Gasteiger partial charge in [-0.2, -0.15) is 5.26 Å². The Labute approximate surface area is 208 Å². The molecule has 8 heteroatoms. The van der Waals surface area contributed by atoms with Crippen LogP contribution in [0.5, 0.6) is 0 Å². The van der Waals surface area contributed by atoms with Crippen LogP contribution in [0.4, 0.5) is 4.79 Å². The maximum Gasteiger partial charge on any atom is 0.418 e. The lowest BCUT2D eigenvalue weighted by molar-refractivity contribution is 0.155. The average molecular weight is 496 g/mol. The molecular formula is C28H21N3O4S. The van der Waals surface area contributed by atoms with Gasteiger partial charge in [-0.15, -0.1) is 0 Å². The maximum absolute atomic E-state index is 13.5. The van der Waals surface area contributed by atoms with Crippen molar-refractivity contribution in [3.05, 3.63) is 102 Å². The van der Waals surface area contributed by atoms with E-state index in [9.17, 15) is 18.5 Å². The normalized spacial score (nSPS) is 12.1. The molecule has 5 rings (SSSR count). The standard InChI is InChI=1S/C28H21N3O4S/c1-2-35-28(32)30-18-21(23-12-6-8-14-26(23)30)16-20(17-29)25-19-31(27-15-9-7-13-24(25)27)36(33,34)22-10-4-3-5-11-22/h3-16,18-19H,2H2,1H3/b20-16+. The first-order valence-corrected chi connectivity index (χ1v) is 12.7. The molecule has 36 heavy (non-hydrogen) atoms. The predicted molar refractivity (Wildman–Crippen MR) is 139 cm³/mol. The highest BCUT2D eigenvalue weighted by atomic mass is 32.2. The fraction of sp³-hybridized carbons (Fsp3) is 0.0714. The van der Waals surface area contributed by atoms with E-state index in [2.05, 4.69) is 6.07 Å². The van der Waals surface area contributed by atoms with Crippen LogP contribution in [0.2, 0.25) is 0 Å². The van der Waals surface area contributed by atoms with Crippen LogP contribution in [-0.4, -0.2) is 29.7 Å². The van der Waals surface area contributed by atoms with Crippen LogP contribution < -0.4 is 0 Å². The van der Waals surface area contributed by atoms with Crippen LogP contribution >= 0.6 is 0 Å². The van der Waals surface area contributed by atoms with Crippen LogP contribution in [0.25, 0.3) is 33.5 Å². The molecule has 0 spiro atoms. The number of allylic oxidation sites excluding steroid dienone is 1. The van der Waals surface area contributed by atoms with Crippen molar-refractivity contribution >= 4 is 49.6 Å². The molecule has 0 bridgehead atoms. The zero-order valence-electron chi connectivity index (χ0n) is 19.3. The zero-order valence-corrected chi connectivity index (χ0v) is 20.1. The van der Waals surface area contributed by atoms with Crippen LogP contribution in [0.15, 0.2) is 96.2 Å². The van der Waals surface area contributed by atoms with Gasteiger partial charge in [-0.3, -0.25) is 4.57 Å². The fourth-order valence-electron chi connectivity index (χ4n) is 4.26. The van der Waals surface area contributed by atoms with E-state index in [1.54, 1.807) is 67.7 Å². The molecule has 0 aliphatic carbocycles. The van der Waals surface area contributed by atoms with Crippen molar-refractivity contribution in [2.24, 2.45) is 0 Å². The fourth-order valence-corrected chi connectivity index (χ4v) is 5.65. The first kappa shape index (κ1) is 23.1. The zero-order chi connectivity index (χ0) is 25.3. The van der Waals surface area contributed by atoms with Gasteiger partial charge in [-0.1, -0.05) is 54.6 Å². The highest BCUT2D eigenvalue weighted by molar-refractivity contribution is 7.90. The molecular weight excluding hydrogens is 474 g/mol. The number of nitrogens with zero attached hydrogens (tertiary/aromatic N) is 3. The van der Waals surface area contributed by atoms with Crippen molar-refractivity contribution in [3.63, 3.8) is 0 Å². The van der Waals surface area contributed by atoms with Gasteiger partial charge in [-0.05, 0) is 37.3 Å². The minimum Gasteiger partial charge on any atom is -0.449 e. The number of carbonyl (C=O) groups is 1. The predicted octanol–water partition coefficient (Wildman–Crippen LogP) is 5.90. The third-order valence-corrected chi connectivity index (χ3v) is 7.58. The Morgan fingerprint density at radius 2 is 1.56 bits per heavy atom. The topological polar surface area (TPSA) is 94.1 Å². The van der Waals surface area contributed by atoms with E-state index in [-0.39, 0.29) is 17.1 Å². The van der Waals surface area contributed by atoms with Crippen molar-refractivity contribution in [3.8, 4) is 6.07 Å². The molecule has 7 nitrogen and oxygen atoms in total.